The predicted molar refractivity (Wildman–Crippen MR) is 109 cm³/mol. The minimum absolute atomic E-state index is 0.127. The number of hydrogen-bond donors (Lipinski definition) is 0. The lowest BCUT2D eigenvalue weighted by atomic mass is 10.1. The van der Waals surface area contributed by atoms with E-state index in [0.29, 0.717) is 22.8 Å². The summed E-state index contributed by atoms with van der Waals surface area (Å²) in [6.45, 7) is 0. The van der Waals surface area contributed by atoms with E-state index < -0.39 is 5.97 Å². The third kappa shape index (κ3) is 4.47. The monoisotopic (exact) mass is 394 g/mol. The van der Waals surface area contributed by atoms with Crippen LogP contribution in [0.2, 0.25) is 0 Å². The van der Waals surface area contributed by atoms with Gasteiger partial charge >= 0.3 is 5.97 Å². The first-order chi connectivity index (χ1) is 13.6. The summed E-state index contributed by atoms with van der Waals surface area (Å²) in [6.07, 6.45) is 3.29. The summed E-state index contributed by atoms with van der Waals surface area (Å²) in [5.74, 6) is 0.296. The average Bonchev–Trinajstić information content (AvgIpc) is 3.25. The number of thiophene rings is 1. The Morgan fingerprint density at radius 2 is 1.57 bits per heavy atom. The summed E-state index contributed by atoms with van der Waals surface area (Å²) >= 11 is 1.56. The molecule has 0 aliphatic rings. The van der Waals surface area contributed by atoms with Gasteiger partial charge in [-0.2, -0.15) is 0 Å². The van der Waals surface area contributed by atoms with Crippen molar-refractivity contribution in [3.63, 3.8) is 0 Å². The Balaban J connectivity index is 1.72. The van der Waals surface area contributed by atoms with Crippen molar-refractivity contribution < 1.29 is 23.8 Å². The van der Waals surface area contributed by atoms with Gasteiger partial charge in [0.15, 0.2) is 5.78 Å². The van der Waals surface area contributed by atoms with Crippen LogP contribution in [-0.2, 0) is 0 Å². The van der Waals surface area contributed by atoms with Crippen LogP contribution in [0.1, 0.15) is 25.6 Å². The zero-order valence-corrected chi connectivity index (χ0v) is 16.2. The number of rotatable bonds is 7. The Kier molecular flexibility index (Phi) is 6.24. The van der Waals surface area contributed by atoms with E-state index in [-0.39, 0.29) is 11.3 Å². The molecular weight excluding hydrogens is 376 g/mol. The molecule has 142 valence electrons. The number of carbonyl (C=O) groups excluding carboxylic acids is 2. The van der Waals surface area contributed by atoms with Crippen molar-refractivity contribution in [1.29, 1.82) is 0 Å². The van der Waals surface area contributed by atoms with Crippen molar-refractivity contribution in [2.24, 2.45) is 0 Å². The van der Waals surface area contributed by atoms with Gasteiger partial charge in [-0.1, -0.05) is 12.1 Å². The standard InChI is InChI=1S/C22H18O5S/c1-25-19-6-3-7-20(26-2)21(19)22(24)27-16-10-8-15(9-11-16)18(23)13-12-17-5-4-14-28-17/h3-14H,1-2H3. The first-order valence-corrected chi connectivity index (χ1v) is 9.29. The molecule has 0 atom stereocenters. The first kappa shape index (κ1) is 19.4. The van der Waals surface area contributed by atoms with Crippen LogP contribution in [0.5, 0.6) is 17.2 Å². The molecule has 0 saturated carbocycles. The van der Waals surface area contributed by atoms with Crippen molar-refractivity contribution in [3.05, 3.63) is 82.1 Å². The second-order valence-corrected chi connectivity index (χ2v) is 6.64. The third-order valence-electron chi connectivity index (χ3n) is 3.92. The molecule has 0 bridgehead atoms. The molecule has 3 aromatic rings. The highest BCUT2D eigenvalue weighted by molar-refractivity contribution is 7.10. The summed E-state index contributed by atoms with van der Waals surface area (Å²) in [5, 5.41) is 1.95. The maximum atomic E-state index is 12.6. The van der Waals surface area contributed by atoms with Crippen LogP contribution in [0.4, 0.5) is 0 Å². The maximum absolute atomic E-state index is 12.6. The predicted octanol–water partition coefficient (Wildman–Crippen LogP) is 4.88. The van der Waals surface area contributed by atoms with Gasteiger partial charge in [-0.15, -0.1) is 11.3 Å². The van der Waals surface area contributed by atoms with Gasteiger partial charge in [-0.05, 0) is 60.0 Å². The minimum atomic E-state index is -0.606. The van der Waals surface area contributed by atoms with Gasteiger partial charge in [0.2, 0.25) is 0 Å². The zero-order valence-electron chi connectivity index (χ0n) is 15.4. The lowest BCUT2D eigenvalue weighted by Crippen LogP contribution is -2.12. The quantitative estimate of drug-likeness (QED) is 0.247. The Morgan fingerprint density at radius 3 is 2.14 bits per heavy atom. The van der Waals surface area contributed by atoms with Gasteiger partial charge in [0.1, 0.15) is 22.8 Å². The SMILES string of the molecule is COc1cccc(OC)c1C(=O)Oc1ccc(C(=O)C=Cc2cccs2)cc1. The molecule has 0 saturated heterocycles. The molecule has 28 heavy (non-hydrogen) atoms. The number of hydrogen-bond acceptors (Lipinski definition) is 6. The molecule has 1 heterocycles. The Labute approximate surface area is 166 Å². The third-order valence-corrected chi connectivity index (χ3v) is 4.76. The normalized spacial score (nSPS) is 10.6. The van der Waals surface area contributed by atoms with Crippen LogP contribution < -0.4 is 14.2 Å². The van der Waals surface area contributed by atoms with E-state index in [9.17, 15) is 9.59 Å². The summed E-state index contributed by atoms with van der Waals surface area (Å²) in [7, 11) is 2.94. The average molecular weight is 394 g/mol. The highest BCUT2D eigenvalue weighted by Gasteiger charge is 2.20. The van der Waals surface area contributed by atoms with E-state index in [1.807, 2.05) is 17.5 Å². The molecule has 1 aromatic heterocycles. The molecule has 3 rings (SSSR count). The van der Waals surface area contributed by atoms with Gasteiger partial charge in [0.25, 0.3) is 0 Å². The van der Waals surface area contributed by atoms with Crippen LogP contribution in [0, 0.1) is 0 Å². The molecular formula is C22H18O5S. The summed E-state index contributed by atoms with van der Waals surface area (Å²) in [5.41, 5.74) is 0.703. The van der Waals surface area contributed by atoms with Crippen molar-refractivity contribution in [1.82, 2.24) is 0 Å². The van der Waals surface area contributed by atoms with Crippen LogP contribution in [0.15, 0.2) is 66.1 Å². The summed E-state index contributed by atoms with van der Waals surface area (Å²) in [4.78, 5) is 25.8. The van der Waals surface area contributed by atoms with E-state index in [1.165, 1.54) is 20.3 Å². The summed E-state index contributed by atoms with van der Waals surface area (Å²) < 4.78 is 15.9. The first-order valence-electron chi connectivity index (χ1n) is 8.41. The fourth-order valence-corrected chi connectivity index (χ4v) is 3.16. The molecule has 0 aliphatic heterocycles. The fourth-order valence-electron chi connectivity index (χ4n) is 2.54. The summed E-state index contributed by atoms with van der Waals surface area (Å²) in [6, 6.07) is 15.3. The molecule has 0 amide bonds. The molecule has 5 nitrogen and oxygen atoms in total. The van der Waals surface area contributed by atoms with E-state index in [4.69, 9.17) is 14.2 Å². The van der Waals surface area contributed by atoms with Gasteiger partial charge in [-0.3, -0.25) is 4.79 Å². The van der Waals surface area contributed by atoms with E-state index in [1.54, 1.807) is 59.9 Å². The van der Waals surface area contributed by atoms with Gasteiger partial charge < -0.3 is 14.2 Å². The van der Waals surface area contributed by atoms with Crippen molar-refractivity contribution >= 4 is 29.2 Å². The number of ether oxygens (including phenoxy) is 3. The fraction of sp³-hybridized carbons (Fsp3) is 0.0909. The van der Waals surface area contributed by atoms with Gasteiger partial charge in [-0.25, -0.2) is 4.79 Å². The molecule has 0 N–H and O–H groups in total. The minimum Gasteiger partial charge on any atom is -0.496 e. The number of esters is 1. The van der Waals surface area contributed by atoms with Crippen LogP contribution in [0.25, 0.3) is 6.08 Å². The molecule has 0 radical (unpaired) electrons. The van der Waals surface area contributed by atoms with Gasteiger partial charge in [0, 0.05) is 10.4 Å². The number of carbonyl (C=O) groups is 2. The highest BCUT2D eigenvalue weighted by Crippen LogP contribution is 2.29. The Bertz CT molecular complexity index is 966. The number of ketones is 1. The van der Waals surface area contributed by atoms with E-state index in [0.717, 1.165) is 4.88 Å². The zero-order chi connectivity index (χ0) is 19.9. The van der Waals surface area contributed by atoms with E-state index in [2.05, 4.69) is 0 Å². The molecule has 0 unspecified atom stereocenters. The lowest BCUT2D eigenvalue weighted by molar-refractivity contribution is 0.0727. The molecule has 0 aliphatic carbocycles. The number of allylic oxidation sites excluding steroid dienone is 1. The Hall–Kier alpha value is -3.38. The Morgan fingerprint density at radius 1 is 0.893 bits per heavy atom. The maximum Gasteiger partial charge on any atom is 0.351 e. The van der Waals surface area contributed by atoms with Crippen LogP contribution >= 0.6 is 11.3 Å². The van der Waals surface area contributed by atoms with Crippen molar-refractivity contribution in [2.75, 3.05) is 14.2 Å². The largest absolute Gasteiger partial charge is 0.496 e. The molecule has 2 aromatic carbocycles. The molecule has 0 fully saturated rings. The molecule has 6 heteroatoms. The number of methoxy groups -OCH3 is 2. The second kappa shape index (κ2) is 9.01. The smallest absolute Gasteiger partial charge is 0.351 e. The van der Waals surface area contributed by atoms with Crippen molar-refractivity contribution in [2.45, 2.75) is 0 Å². The second-order valence-electron chi connectivity index (χ2n) is 5.66. The van der Waals surface area contributed by atoms with E-state index >= 15 is 0 Å². The van der Waals surface area contributed by atoms with Crippen LogP contribution in [0.3, 0.4) is 0 Å². The number of benzene rings is 2. The molecule has 0 spiro atoms. The topological polar surface area (TPSA) is 61.8 Å². The van der Waals surface area contributed by atoms with Gasteiger partial charge in [0.05, 0.1) is 14.2 Å². The highest BCUT2D eigenvalue weighted by atomic mass is 32.1. The van der Waals surface area contributed by atoms with Crippen molar-refractivity contribution in [3.8, 4) is 17.2 Å². The van der Waals surface area contributed by atoms with Crippen LogP contribution in [-0.4, -0.2) is 26.0 Å². The lowest BCUT2D eigenvalue weighted by Gasteiger charge is -2.12.